The lowest BCUT2D eigenvalue weighted by Gasteiger charge is -2.51. The lowest BCUT2D eigenvalue weighted by Crippen LogP contribution is -2.68. The Balaban J connectivity index is 1.33. The molecular formula is C76H120F6N12O14. The van der Waals surface area contributed by atoms with E-state index in [0.29, 0.717) is 44.9 Å². The van der Waals surface area contributed by atoms with Crippen LogP contribution in [-0.2, 0) is 67.0 Å². The molecule has 0 radical (unpaired) electrons. The number of nitrogens with one attached hydrogen (secondary N) is 2. The first-order valence-electron chi connectivity index (χ1n) is 39.0. The molecule has 7 rings (SSSR count). The van der Waals surface area contributed by atoms with Crippen molar-refractivity contribution in [2.45, 2.75) is 260 Å². The van der Waals surface area contributed by atoms with Crippen LogP contribution in [0.25, 0.3) is 0 Å². The van der Waals surface area contributed by atoms with E-state index >= 15 is 28.8 Å². The zero-order chi connectivity index (χ0) is 80.2. The average Bonchev–Trinajstić information content (AvgIpc) is 1.17. The standard InChI is InChI=1S/C76H120F6N12O14/c1-15-24-54-65(98)84-63(46(4)16-2)71(104)87(8)45-62(97)89(10)55-27-19-18-22-38-93(70(55)103)57(39-47-28-32-50(33-29-47)75(77,78)79)68(101)86(7)44-60(95)83-53(35-31-48-30-34-52(76(80,81)82)59(40-48)107-14)66(99)94-43-51(108-17-3)41-58(94)69(102)92(13)74(36-23-37-74)73(106)91(12)64(49-25-20-21-26-49)72(105)90(11)56(67(100)85(5)6)42-61(96)88(54)9/h18-19,46-59,63-64H,15-17,20-45H2,1-14H3,(H,83,95)(H,84,98)/b19-18-/t46-,47?,48?,50?,51+,52?,53-,54-,55-,56-,57-,58-,59?,63-,64-/m0/s1. The number of likely N-dealkylation sites (N-methyl/N-ethyl adjacent to an activating group) is 8. The van der Waals surface area contributed by atoms with E-state index in [1.54, 1.807) is 39.8 Å². The summed E-state index contributed by atoms with van der Waals surface area (Å²) < 4.78 is 97.0. The van der Waals surface area contributed by atoms with Gasteiger partial charge in [-0.15, -0.1) is 0 Å². The van der Waals surface area contributed by atoms with Crippen LogP contribution < -0.4 is 10.6 Å². The first-order chi connectivity index (χ1) is 50.8. The number of methoxy groups -OCH3 is 1. The smallest absolute Gasteiger partial charge is 0.381 e. The molecule has 0 aromatic carbocycles. The van der Waals surface area contributed by atoms with E-state index in [2.05, 4.69) is 10.6 Å². The minimum Gasteiger partial charge on any atom is -0.381 e. The van der Waals surface area contributed by atoms with Crippen LogP contribution in [-0.4, -0.2) is 302 Å². The van der Waals surface area contributed by atoms with E-state index in [9.17, 15) is 55.1 Å². The highest BCUT2D eigenvalue weighted by molar-refractivity contribution is 6.01. The lowest BCUT2D eigenvalue weighted by atomic mass is 9.73. The number of alkyl halides is 6. The van der Waals surface area contributed by atoms with Gasteiger partial charge in [0.25, 0.3) is 0 Å². The van der Waals surface area contributed by atoms with Crippen LogP contribution in [0.2, 0.25) is 0 Å². The summed E-state index contributed by atoms with van der Waals surface area (Å²) in [6.07, 6.45) is -5.07. The fourth-order valence-electron chi connectivity index (χ4n) is 17.5. The molecule has 12 amide bonds. The van der Waals surface area contributed by atoms with Crippen molar-refractivity contribution in [3.05, 3.63) is 12.2 Å². The minimum absolute atomic E-state index is 0.0366. The van der Waals surface area contributed by atoms with Crippen molar-refractivity contribution in [1.29, 1.82) is 0 Å². The fraction of sp³-hybridized carbons (Fsp3) is 0.816. The summed E-state index contributed by atoms with van der Waals surface area (Å²) in [4.78, 5) is 194. The molecule has 3 unspecified atom stereocenters. The molecule has 3 aliphatic heterocycles. The number of carbonyl (C=O) groups excluding carboxylic acids is 12. The normalized spacial score (nSPS) is 31.3. The number of carbonyl (C=O) groups is 12. The SMILES string of the molecule is CCC[C@H]1C(=O)N[C@@H]([C@@H](C)CC)C(=O)N(C)CC(=O)N(C)[C@H]2C/C=C\CCN(C2=O)[C@@H](CC2CCC(C(F)(F)F)CC2)C(=O)N(C)CC(=O)N[C@@H](CCC2CCC(C(F)(F)F)C(OC)C2)C(=O)N2C[C@H](OCC)C[C@H]2C(=O)N(C)C2(CCC2)C(=O)N(C)[C@@H](C2CCCC2)C(=O)N(C)[C@H](C(=O)N(C)C)CC(=O)N1C. The lowest BCUT2D eigenvalue weighted by molar-refractivity contribution is -0.215. The largest absolute Gasteiger partial charge is 0.394 e. The molecule has 610 valence electrons. The summed E-state index contributed by atoms with van der Waals surface area (Å²) in [5.41, 5.74) is -1.59. The number of hydrogen-bond acceptors (Lipinski definition) is 14. The van der Waals surface area contributed by atoms with Crippen molar-refractivity contribution >= 4 is 70.9 Å². The van der Waals surface area contributed by atoms with Gasteiger partial charge in [0.05, 0.1) is 43.6 Å². The highest BCUT2D eigenvalue weighted by Crippen LogP contribution is 2.46. The molecule has 2 N–H and O–H groups in total. The predicted octanol–water partition coefficient (Wildman–Crippen LogP) is 6.18. The van der Waals surface area contributed by atoms with E-state index in [4.69, 9.17) is 9.47 Å². The topological polar surface area (TPSA) is 280 Å². The zero-order valence-electron chi connectivity index (χ0n) is 65.9. The summed E-state index contributed by atoms with van der Waals surface area (Å²) in [5.74, 6) is -14.0. The summed E-state index contributed by atoms with van der Waals surface area (Å²) >= 11 is 0. The molecule has 6 fully saturated rings. The summed E-state index contributed by atoms with van der Waals surface area (Å²) in [7, 11) is 13.8. The average molecular weight is 1540 g/mol. The number of nitrogens with zero attached hydrogens (tertiary/aromatic N) is 10. The third-order valence-corrected chi connectivity index (χ3v) is 24.7. The van der Waals surface area contributed by atoms with Crippen LogP contribution in [0.1, 0.15) is 182 Å². The van der Waals surface area contributed by atoms with E-state index in [1.807, 2.05) is 0 Å². The van der Waals surface area contributed by atoms with Crippen molar-refractivity contribution in [3.8, 4) is 0 Å². The first kappa shape index (κ1) is 88.1. The van der Waals surface area contributed by atoms with E-state index in [0.717, 1.165) is 19.6 Å². The Labute approximate surface area is 632 Å². The van der Waals surface area contributed by atoms with Gasteiger partial charge in [0, 0.05) is 96.7 Å². The maximum absolute atomic E-state index is 15.8. The van der Waals surface area contributed by atoms with Gasteiger partial charge in [0.1, 0.15) is 53.9 Å². The Hall–Kier alpha value is -7.12. The molecule has 1 spiro atoms. The van der Waals surface area contributed by atoms with Crippen molar-refractivity contribution in [2.75, 3.05) is 103 Å². The molecular weight excluding hydrogens is 1420 g/mol. The van der Waals surface area contributed by atoms with Gasteiger partial charge in [-0.05, 0) is 146 Å². The molecule has 2 bridgehead atoms. The van der Waals surface area contributed by atoms with Crippen molar-refractivity contribution < 1.29 is 93.4 Å². The molecule has 7 aliphatic rings. The van der Waals surface area contributed by atoms with Crippen LogP contribution in [0.5, 0.6) is 0 Å². The maximum Gasteiger partial charge on any atom is 0.394 e. The Morgan fingerprint density at radius 2 is 1.28 bits per heavy atom. The van der Waals surface area contributed by atoms with Gasteiger partial charge in [0.15, 0.2) is 0 Å². The second kappa shape index (κ2) is 38.2. The maximum atomic E-state index is 15.8. The van der Waals surface area contributed by atoms with Crippen LogP contribution in [0, 0.1) is 35.5 Å². The molecule has 2 saturated heterocycles. The Morgan fingerprint density at radius 1 is 0.639 bits per heavy atom. The van der Waals surface area contributed by atoms with E-state index in [-0.39, 0.29) is 122 Å². The molecule has 0 aromatic rings. The monoisotopic (exact) mass is 1540 g/mol. The number of halogens is 6. The van der Waals surface area contributed by atoms with E-state index < -0.39 is 204 Å². The molecule has 32 heteroatoms. The molecule has 4 aliphatic carbocycles. The first-order valence-corrected chi connectivity index (χ1v) is 39.0. The number of ether oxygens (including phenoxy) is 2. The fourth-order valence-corrected chi connectivity index (χ4v) is 17.5. The quantitative estimate of drug-likeness (QED) is 0.145. The number of rotatable bonds is 14. The Kier molecular flexibility index (Phi) is 31.2. The predicted molar refractivity (Wildman–Crippen MR) is 387 cm³/mol. The number of hydrogen-bond donors (Lipinski definition) is 2. The third-order valence-electron chi connectivity index (χ3n) is 24.7. The number of amides is 12. The van der Waals surface area contributed by atoms with Gasteiger partial charge in [-0.2, -0.15) is 26.3 Å². The Bertz CT molecular complexity index is 3220. The summed E-state index contributed by atoms with van der Waals surface area (Å²) in [5, 5.41) is 5.66. The van der Waals surface area contributed by atoms with Crippen molar-refractivity contribution in [3.63, 3.8) is 0 Å². The van der Waals surface area contributed by atoms with Gasteiger partial charge in [-0.25, -0.2) is 0 Å². The van der Waals surface area contributed by atoms with Crippen LogP contribution in [0.4, 0.5) is 26.3 Å². The van der Waals surface area contributed by atoms with Gasteiger partial charge >= 0.3 is 12.4 Å². The van der Waals surface area contributed by atoms with Gasteiger partial charge < -0.3 is 69.1 Å². The molecule has 0 aromatic heterocycles. The second-order valence-electron chi connectivity index (χ2n) is 31.8. The van der Waals surface area contributed by atoms with Crippen molar-refractivity contribution in [2.24, 2.45) is 35.5 Å². The molecule has 26 nitrogen and oxygen atoms in total. The highest BCUT2D eigenvalue weighted by atomic mass is 19.4. The summed E-state index contributed by atoms with van der Waals surface area (Å²) in [6, 6.07) is -10.8. The van der Waals surface area contributed by atoms with Gasteiger partial charge in [-0.3, -0.25) is 57.5 Å². The van der Waals surface area contributed by atoms with Crippen LogP contribution in [0.3, 0.4) is 0 Å². The third kappa shape index (κ3) is 20.7. The van der Waals surface area contributed by atoms with Crippen LogP contribution >= 0.6 is 0 Å². The second-order valence-corrected chi connectivity index (χ2v) is 31.8. The molecule has 13 atom stereocenters. The number of fused-ring (bicyclic) bond motifs is 3. The highest BCUT2D eigenvalue weighted by Gasteiger charge is 2.57. The van der Waals surface area contributed by atoms with Crippen LogP contribution in [0.15, 0.2) is 12.2 Å². The molecule has 3 heterocycles. The zero-order valence-corrected chi connectivity index (χ0v) is 65.9. The van der Waals surface area contributed by atoms with Gasteiger partial charge in [0.2, 0.25) is 70.9 Å². The van der Waals surface area contributed by atoms with Gasteiger partial charge in [-0.1, -0.05) is 58.6 Å². The van der Waals surface area contributed by atoms with Crippen molar-refractivity contribution in [1.82, 2.24) is 59.6 Å². The van der Waals surface area contributed by atoms with E-state index in [1.165, 1.54) is 99.9 Å². The molecule has 108 heavy (non-hydrogen) atoms. The Morgan fingerprint density at radius 3 is 1.85 bits per heavy atom. The molecule has 4 saturated carbocycles. The summed E-state index contributed by atoms with van der Waals surface area (Å²) in [6.45, 7) is 5.48. The minimum atomic E-state index is -4.56.